The molecular formula is C19H21N5O4S. The van der Waals surface area contributed by atoms with E-state index in [0.29, 0.717) is 33.0 Å². The molecule has 1 unspecified atom stereocenters. The summed E-state index contributed by atoms with van der Waals surface area (Å²) in [6.07, 6.45) is 2.85. The van der Waals surface area contributed by atoms with Gasteiger partial charge in [-0.2, -0.15) is 4.36 Å². The Labute approximate surface area is 168 Å². The summed E-state index contributed by atoms with van der Waals surface area (Å²) in [6.45, 7) is 0. The van der Waals surface area contributed by atoms with E-state index >= 15 is 0 Å². The van der Waals surface area contributed by atoms with Gasteiger partial charge in [0.25, 0.3) is 0 Å². The summed E-state index contributed by atoms with van der Waals surface area (Å²) >= 11 is 0. The fourth-order valence-electron chi connectivity index (χ4n) is 2.71. The molecule has 3 rings (SSSR count). The van der Waals surface area contributed by atoms with Gasteiger partial charge in [0.15, 0.2) is 17.3 Å². The molecule has 9 nitrogen and oxygen atoms in total. The molecule has 2 N–H and O–H groups in total. The van der Waals surface area contributed by atoms with Crippen molar-refractivity contribution in [2.75, 3.05) is 32.4 Å². The minimum absolute atomic E-state index is 0.261. The highest BCUT2D eigenvalue weighted by Gasteiger charge is 2.15. The van der Waals surface area contributed by atoms with Gasteiger partial charge in [-0.15, -0.1) is 0 Å². The molecular weight excluding hydrogens is 394 g/mol. The maximum absolute atomic E-state index is 13.4. The summed E-state index contributed by atoms with van der Waals surface area (Å²) in [7, 11) is 1.70. The molecule has 0 spiro atoms. The van der Waals surface area contributed by atoms with Gasteiger partial charge >= 0.3 is 6.03 Å². The van der Waals surface area contributed by atoms with Crippen LogP contribution in [0.15, 0.2) is 52.0 Å². The van der Waals surface area contributed by atoms with Crippen molar-refractivity contribution >= 4 is 38.2 Å². The van der Waals surface area contributed by atoms with Crippen molar-refractivity contribution < 1.29 is 18.5 Å². The molecule has 0 aliphatic carbocycles. The van der Waals surface area contributed by atoms with Crippen LogP contribution >= 0.6 is 0 Å². The SMILES string of the molecule is COc1cc2ncnc(N=S(C)(=O)c3cccc(N(C)C(N)=O)c3)c2cc1OC. The Hall–Kier alpha value is -3.40. The normalized spacial score (nSPS) is 12.8. The van der Waals surface area contributed by atoms with Gasteiger partial charge in [0, 0.05) is 35.3 Å². The predicted octanol–water partition coefficient (Wildman–Crippen LogP) is 2.95. The Morgan fingerprint density at radius 2 is 1.83 bits per heavy atom. The van der Waals surface area contributed by atoms with Gasteiger partial charge in [-0.1, -0.05) is 6.07 Å². The largest absolute Gasteiger partial charge is 0.493 e. The van der Waals surface area contributed by atoms with E-state index in [0.717, 1.165) is 0 Å². The number of amides is 2. The number of benzene rings is 2. The zero-order valence-corrected chi connectivity index (χ0v) is 17.3. The number of hydrogen-bond acceptors (Lipinski definition) is 7. The number of aromatic nitrogens is 2. The van der Waals surface area contributed by atoms with E-state index in [9.17, 15) is 9.00 Å². The summed E-state index contributed by atoms with van der Waals surface area (Å²) < 4.78 is 28.4. The minimum atomic E-state index is -2.89. The van der Waals surface area contributed by atoms with E-state index in [1.54, 1.807) is 36.4 Å². The molecule has 0 fully saturated rings. The standard InChI is InChI=1S/C19H21N5O4S/c1-24(19(20)25)12-6-5-7-13(8-12)29(4,26)23-18-14-9-16(27-2)17(28-3)10-15(14)21-11-22-18/h5-11H,1-4H3,(H2,20,25). The molecule has 3 aromatic rings. The highest BCUT2D eigenvalue weighted by atomic mass is 32.2. The Balaban J connectivity index is 2.16. The fourth-order valence-corrected chi connectivity index (χ4v) is 3.97. The first-order chi connectivity index (χ1) is 13.8. The first-order valence-corrected chi connectivity index (χ1v) is 10.4. The second-order valence-corrected chi connectivity index (χ2v) is 8.47. The van der Waals surface area contributed by atoms with Gasteiger partial charge < -0.3 is 15.2 Å². The van der Waals surface area contributed by atoms with Crippen molar-refractivity contribution in [3.63, 3.8) is 0 Å². The highest BCUT2D eigenvalue weighted by Crippen LogP contribution is 2.35. The van der Waals surface area contributed by atoms with E-state index in [2.05, 4.69) is 14.3 Å². The second-order valence-electron chi connectivity index (χ2n) is 6.21. The Kier molecular flexibility index (Phi) is 5.55. The number of rotatable bonds is 5. The van der Waals surface area contributed by atoms with E-state index < -0.39 is 15.8 Å². The zero-order valence-electron chi connectivity index (χ0n) is 16.4. The lowest BCUT2D eigenvalue weighted by Gasteiger charge is -2.15. The molecule has 2 amide bonds. The van der Waals surface area contributed by atoms with Crippen LogP contribution < -0.4 is 20.1 Å². The van der Waals surface area contributed by atoms with Crippen molar-refractivity contribution in [2.45, 2.75) is 4.90 Å². The van der Waals surface area contributed by atoms with Crippen molar-refractivity contribution in [1.29, 1.82) is 0 Å². The van der Waals surface area contributed by atoms with Crippen LogP contribution in [0.25, 0.3) is 10.9 Å². The van der Waals surface area contributed by atoms with Crippen LogP contribution in [0.3, 0.4) is 0 Å². The smallest absolute Gasteiger partial charge is 0.318 e. The van der Waals surface area contributed by atoms with Crippen LogP contribution in [-0.4, -0.2) is 47.7 Å². The number of hydrogen-bond donors (Lipinski definition) is 1. The fraction of sp³-hybridized carbons (Fsp3) is 0.211. The molecule has 29 heavy (non-hydrogen) atoms. The molecule has 2 aromatic carbocycles. The van der Waals surface area contributed by atoms with Gasteiger partial charge in [0.05, 0.1) is 29.5 Å². The molecule has 0 radical (unpaired) electrons. The summed E-state index contributed by atoms with van der Waals surface area (Å²) in [4.78, 5) is 21.5. The molecule has 152 valence electrons. The summed E-state index contributed by atoms with van der Waals surface area (Å²) in [6, 6.07) is 9.45. The third kappa shape index (κ3) is 4.06. The second kappa shape index (κ2) is 7.92. The Morgan fingerprint density at radius 1 is 1.14 bits per heavy atom. The minimum Gasteiger partial charge on any atom is -0.493 e. The van der Waals surface area contributed by atoms with Crippen molar-refractivity contribution in [3.8, 4) is 11.5 Å². The first kappa shape index (κ1) is 20.3. The monoisotopic (exact) mass is 415 g/mol. The molecule has 1 aromatic heterocycles. The molecule has 0 bridgehead atoms. The van der Waals surface area contributed by atoms with Gasteiger partial charge in [0.2, 0.25) is 0 Å². The van der Waals surface area contributed by atoms with Crippen LogP contribution in [0, 0.1) is 0 Å². The van der Waals surface area contributed by atoms with Crippen molar-refractivity contribution in [2.24, 2.45) is 10.1 Å². The third-order valence-corrected chi connectivity index (χ3v) is 6.00. The average Bonchev–Trinajstić information content (AvgIpc) is 2.72. The molecule has 0 aliphatic rings. The topological polar surface area (TPSA) is 120 Å². The lowest BCUT2D eigenvalue weighted by atomic mass is 10.2. The molecule has 0 aliphatic heterocycles. The molecule has 10 heteroatoms. The number of primary amides is 1. The maximum Gasteiger partial charge on any atom is 0.318 e. The number of fused-ring (bicyclic) bond motifs is 1. The maximum atomic E-state index is 13.4. The number of nitrogens with zero attached hydrogens (tertiary/aromatic N) is 4. The zero-order chi connectivity index (χ0) is 21.2. The number of carbonyl (C=O) groups excluding carboxylic acids is 1. The van der Waals surface area contributed by atoms with E-state index in [-0.39, 0.29) is 5.82 Å². The predicted molar refractivity (Wildman–Crippen MR) is 111 cm³/mol. The van der Waals surface area contributed by atoms with Gasteiger partial charge in [-0.3, -0.25) is 4.90 Å². The van der Waals surface area contributed by atoms with Crippen LogP contribution in [0.4, 0.5) is 16.3 Å². The van der Waals surface area contributed by atoms with Gasteiger partial charge in [-0.25, -0.2) is 19.0 Å². The Bertz CT molecular complexity index is 1200. The first-order valence-electron chi connectivity index (χ1n) is 8.49. The quantitative estimate of drug-likeness (QED) is 0.684. The molecule has 1 heterocycles. The van der Waals surface area contributed by atoms with E-state index in [1.165, 1.54) is 38.8 Å². The number of methoxy groups -OCH3 is 2. The van der Waals surface area contributed by atoms with Gasteiger partial charge in [0.1, 0.15) is 6.33 Å². The molecule has 0 saturated heterocycles. The number of ether oxygens (including phenoxy) is 2. The van der Waals surface area contributed by atoms with Crippen molar-refractivity contribution in [3.05, 3.63) is 42.7 Å². The Morgan fingerprint density at radius 3 is 2.48 bits per heavy atom. The number of carbonyl (C=O) groups is 1. The van der Waals surface area contributed by atoms with Crippen LogP contribution in [0.5, 0.6) is 11.5 Å². The summed E-state index contributed by atoms with van der Waals surface area (Å²) in [5, 5.41) is 0.574. The molecule has 1 atom stereocenters. The van der Waals surface area contributed by atoms with Crippen LogP contribution in [0.1, 0.15) is 0 Å². The third-order valence-electron chi connectivity index (χ3n) is 4.35. The lowest BCUT2D eigenvalue weighted by molar-refractivity contribution is 0.255. The van der Waals surface area contributed by atoms with Gasteiger partial charge in [-0.05, 0) is 24.3 Å². The number of anilines is 1. The van der Waals surface area contributed by atoms with E-state index in [4.69, 9.17) is 15.2 Å². The molecule has 0 saturated carbocycles. The highest BCUT2D eigenvalue weighted by molar-refractivity contribution is 7.93. The van der Waals surface area contributed by atoms with Crippen LogP contribution in [-0.2, 0) is 9.73 Å². The number of urea groups is 1. The lowest BCUT2D eigenvalue weighted by Crippen LogP contribution is -2.31. The van der Waals surface area contributed by atoms with E-state index in [1.807, 2.05) is 0 Å². The summed E-state index contributed by atoms with van der Waals surface area (Å²) in [5.74, 6) is 1.26. The average molecular weight is 415 g/mol. The van der Waals surface area contributed by atoms with Crippen LogP contribution in [0.2, 0.25) is 0 Å². The number of nitrogens with two attached hydrogens (primary N) is 1. The summed E-state index contributed by atoms with van der Waals surface area (Å²) in [5.41, 5.74) is 6.41. The van der Waals surface area contributed by atoms with Crippen molar-refractivity contribution in [1.82, 2.24) is 9.97 Å².